The monoisotopic (exact) mass is 261 g/mol. The van der Waals surface area contributed by atoms with Crippen LogP contribution in [-0.2, 0) is 11.2 Å². The quantitative estimate of drug-likeness (QED) is 0.875. The van der Waals surface area contributed by atoms with Crippen LogP contribution in [0.3, 0.4) is 0 Å². The zero-order valence-corrected chi connectivity index (χ0v) is 12.5. The molecule has 1 saturated heterocycles. The van der Waals surface area contributed by atoms with Crippen molar-refractivity contribution < 1.29 is 4.74 Å². The predicted octanol–water partition coefficient (Wildman–Crippen LogP) is 3.57. The van der Waals surface area contributed by atoms with Gasteiger partial charge < -0.3 is 10.1 Å². The molecule has 2 atom stereocenters. The molecule has 1 aliphatic heterocycles. The Kier molecular flexibility index (Phi) is 5.41. The molecule has 2 nitrogen and oxygen atoms in total. The van der Waals surface area contributed by atoms with Crippen LogP contribution in [0.15, 0.2) is 24.3 Å². The molecule has 2 heteroatoms. The van der Waals surface area contributed by atoms with E-state index >= 15 is 0 Å². The Morgan fingerprint density at radius 3 is 2.63 bits per heavy atom. The molecule has 1 fully saturated rings. The molecular weight excluding hydrogens is 234 g/mol. The first-order chi connectivity index (χ1) is 9.20. The van der Waals surface area contributed by atoms with Crippen LogP contribution in [0.5, 0.6) is 0 Å². The summed E-state index contributed by atoms with van der Waals surface area (Å²) in [6, 6.07) is 9.06. The van der Waals surface area contributed by atoms with E-state index in [9.17, 15) is 0 Å². The van der Waals surface area contributed by atoms with Gasteiger partial charge in [-0.3, -0.25) is 0 Å². The molecule has 1 N–H and O–H groups in total. The van der Waals surface area contributed by atoms with Gasteiger partial charge in [0.25, 0.3) is 0 Å². The van der Waals surface area contributed by atoms with Crippen molar-refractivity contribution in [2.75, 3.05) is 20.2 Å². The van der Waals surface area contributed by atoms with Crippen molar-refractivity contribution in [1.82, 2.24) is 5.32 Å². The van der Waals surface area contributed by atoms with Crippen LogP contribution >= 0.6 is 0 Å². The van der Waals surface area contributed by atoms with E-state index in [0.717, 1.165) is 19.6 Å². The van der Waals surface area contributed by atoms with Gasteiger partial charge in [-0.2, -0.15) is 0 Å². The normalized spacial score (nSPS) is 23.8. The predicted molar refractivity (Wildman–Crippen MR) is 80.3 cm³/mol. The molecule has 0 amide bonds. The van der Waals surface area contributed by atoms with Gasteiger partial charge in [0.1, 0.15) is 0 Å². The summed E-state index contributed by atoms with van der Waals surface area (Å²) in [7, 11) is 2.03. The van der Waals surface area contributed by atoms with Crippen molar-refractivity contribution in [1.29, 1.82) is 0 Å². The van der Waals surface area contributed by atoms with Crippen molar-refractivity contribution in [3.05, 3.63) is 35.4 Å². The van der Waals surface area contributed by atoms with Crippen LogP contribution in [0.1, 0.15) is 43.9 Å². The van der Waals surface area contributed by atoms with Crippen LogP contribution in [0.2, 0.25) is 0 Å². The van der Waals surface area contributed by atoms with Gasteiger partial charge in [0.2, 0.25) is 0 Å². The molecule has 0 aromatic heterocycles. The molecule has 0 spiro atoms. The van der Waals surface area contributed by atoms with Gasteiger partial charge in [-0.05, 0) is 43.4 Å². The topological polar surface area (TPSA) is 21.3 Å². The summed E-state index contributed by atoms with van der Waals surface area (Å²) in [5.74, 6) is 1.32. The average molecular weight is 261 g/mol. The first kappa shape index (κ1) is 14.5. The van der Waals surface area contributed by atoms with Crippen molar-refractivity contribution in [2.45, 2.75) is 39.2 Å². The van der Waals surface area contributed by atoms with E-state index in [1.54, 1.807) is 0 Å². The molecule has 1 aromatic carbocycles. The van der Waals surface area contributed by atoms with Crippen LogP contribution < -0.4 is 5.32 Å². The number of hydrogen-bond donors (Lipinski definition) is 1. The number of ether oxygens (including phenoxy) is 1. The zero-order chi connectivity index (χ0) is 13.7. The molecule has 2 unspecified atom stereocenters. The minimum Gasteiger partial charge on any atom is -0.373 e. The molecule has 0 bridgehead atoms. The minimum atomic E-state index is 0.272. The largest absolute Gasteiger partial charge is 0.373 e. The number of nitrogens with one attached hydrogen (secondary N) is 1. The van der Waals surface area contributed by atoms with E-state index in [2.05, 4.69) is 43.4 Å². The molecule has 106 valence electrons. The first-order valence-electron chi connectivity index (χ1n) is 7.55. The summed E-state index contributed by atoms with van der Waals surface area (Å²) >= 11 is 0. The van der Waals surface area contributed by atoms with Crippen molar-refractivity contribution in [3.8, 4) is 0 Å². The second kappa shape index (κ2) is 7.06. The first-order valence-corrected chi connectivity index (χ1v) is 7.55. The minimum absolute atomic E-state index is 0.272. The molecule has 1 heterocycles. The summed E-state index contributed by atoms with van der Waals surface area (Å²) in [5.41, 5.74) is 2.77. The Labute approximate surface area is 117 Å². The highest BCUT2D eigenvalue weighted by atomic mass is 16.5. The summed E-state index contributed by atoms with van der Waals surface area (Å²) in [6.07, 6.45) is 3.88. The molecule has 0 radical (unpaired) electrons. The Morgan fingerprint density at radius 1 is 1.26 bits per heavy atom. The lowest BCUT2D eigenvalue weighted by atomic mass is 9.88. The van der Waals surface area contributed by atoms with Crippen LogP contribution in [0, 0.1) is 11.8 Å². The number of rotatable bonds is 5. The van der Waals surface area contributed by atoms with Crippen LogP contribution in [0.25, 0.3) is 0 Å². The number of benzene rings is 1. The summed E-state index contributed by atoms with van der Waals surface area (Å²) < 4.78 is 6.01. The Bertz CT molecular complexity index is 369. The standard InChI is InChI=1S/C17H27NO/c1-13(2)11-14-6-8-15(9-7-14)17-16(12-18-3)5-4-10-19-17/h6-9,13,16-18H,4-5,10-12H2,1-3H3. The van der Waals surface area contributed by atoms with Gasteiger partial charge in [-0.25, -0.2) is 0 Å². The molecule has 0 aliphatic carbocycles. The maximum absolute atomic E-state index is 6.01. The SMILES string of the molecule is CNCC1CCCOC1c1ccc(CC(C)C)cc1. The smallest absolute Gasteiger partial charge is 0.0865 e. The van der Waals surface area contributed by atoms with Crippen LogP contribution in [-0.4, -0.2) is 20.2 Å². The third-order valence-electron chi connectivity index (χ3n) is 3.86. The lowest BCUT2D eigenvalue weighted by Crippen LogP contribution is -2.30. The van der Waals surface area contributed by atoms with Crippen molar-refractivity contribution in [3.63, 3.8) is 0 Å². The van der Waals surface area contributed by atoms with Gasteiger partial charge in [0, 0.05) is 19.1 Å². The summed E-state index contributed by atoms with van der Waals surface area (Å²) in [5, 5.41) is 3.29. The second-order valence-corrected chi connectivity index (χ2v) is 6.09. The molecule has 19 heavy (non-hydrogen) atoms. The number of hydrogen-bond acceptors (Lipinski definition) is 2. The van der Waals surface area contributed by atoms with Gasteiger partial charge in [-0.15, -0.1) is 0 Å². The molecule has 1 aliphatic rings. The highest BCUT2D eigenvalue weighted by Gasteiger charge is 2.26. The Morgan fingerprint density at radius 2 is 2.00 bits per heavy atom. The average Bonchev–Trinajstić information content (AvgIpc) is 2.40. The highest BCUT2D eigenvalue weighted by molar-refractivity contribution is 5.25. The summed E-state index contributed by atoms with van der Waals surface area (Å²) in [4.78, 5) is 0. The van der Waals surface area contributed by atoms with E-state index < -0.39 is 0 Å². The van der Waals surface area contributed by atoms with Gasteiger partial charge >= 0.3 is 0 Å². The van der Waals surface area contributed by atoms with Gasteiger partial charge in [-0.1, -0.05) is 38.1 Å². The van der Waals surface area contributed by atoms with Gasteiger partial charge in [0.05, 0.1) is 6.10 Å². The highest BCUT2D eigenvalue weighted by Crippen LogP contribution is 2.33. The fraction of sp³-hybridized carbons (Fsp3) is 0.647. The Balaban J connectivity index is 2.06. The maximum Gasteiger partial charge on any atom is 0.0865 e. The summed E-state index contributed by atoms with van der Waals surface area (Å²) in [6.45, 7) is 6.47. The lowest BCUT2D eigenvalue weighted by Gasteiger charge is -2.32. The van der Waals surface area contributed by atoms with E-state index in [1.165, 1.54) is 24.0 Å². The van der Waals surface area contributed by atoms with E-state index in [1.807, 2.05) is 7.05 Å². The van der Waals surface area contributed by atoms with E-state index in [-0.39, 0.29) is 6.10 Å². The lowest BCUT2D eigenvalue weighted by molar-refractivity contribution is -0.0272. The third-order valence-corrected chi connectivity index (χ3v) is 3.86. The third kappa shape index (κ3) is 4.05. The molecule has 1 aromatic rings. The van der Waals surface area contributed by atoms with Crippen LogP contribution in [0.4, 0.5) is 0 Å². The van der Waals surface area contributed by atoms with Crippen molar-refractivity contribution >= 4 is 0 Å². The van der Waals surface area contributed by atoms with Gasteiger partial charge in [0.15, 0.2) is 0 Å². The van der Waals surface area contributed by atoms with E-state index in [4.69, 9.17) is 4.74 Å². The van der Waals surface area contributed by atoms with Crippen molar-refractivity contribution in [2.24, 2.45) is 11.8 Å². The molecule has 2 rings (SSSR count). The fourth-order valence-electron chi connectivity index (χ4n) is 3.00. The fourth-order valence-corrected chi connectivity index (χ4v) is 3.00. The molecular formula is C17H27NO. The molecule has 0 saturated carbocycles. The maximum atomic E-state index is 6.01. The second-order valence-electron chi connectivity index (χ2n) is 6.09. The zero-order valence-electron chi connectivity index (χ0n) is 12.5. The Hall–Kier alpha value is -0.860. The van der Waals surface area contributed by atoms with E-state index in [0.29, 0.717) is 11.8 Å².